The molecule has 1 saturated heterocycles. The number of benzene rings is 1. The van der Waals surface area contributed by atoms with Gasteiger partial charge in [0.05, 0.1) is 6.04 Å². The summed E-state index contributed by atoms with van der Waals surface area (Å²) in [5, 5.41) is 0. The van der Waals surface area contributed by atoms with Crippen LogP contribution in [0.25, 0.3) is 0 Å². The Morgan fingerprint density at radius 2 is 2.00 bits per heavy atom. The van der Waals surface area contributed by atoms with Crippen LogP contribution in [0.4, 0.5) is 0 Å². The molecule has 0 aliphatic carbocycles. The summed E-state index contributed by atoms with van der Waals surface area (Å²) in [4.78, 5) is 11.2. The van der Waals surface area contributed by atoms with Crippen LogP contribution >= 0.6 is 0 Å². The first kappa shape index (κ1) is 9.21. The lowest BCUT2D eigenvalue weighted by Crippen LogP contribution is -2.48. The van der Waals surface area contributed by atoms with Gasteiger partial charge in [0.1, 0.15) is 0 Å². The Kier molecular flexibility index (Phi) is 2.50. The molecule has 0 saturated carbocycles. The Hall–Kier alpha value is -1.35. The molecular formula is C11H14N2O. The van der Waals surface area contributed by atoms with E-state index < -0.39 is 0 Å². The van der Waals surface area contributed by atoms with Crippen molar-refractivity contribution in [3.05, 3.63) is 35.9 Å². The topological polar surface area (TPSA) is 41.1 Å². The molecule has 3 heteroatoms. The molecule has 1 aliphatic rings. The number of carbonyl (C=O) groups excluding carboxylic acids is 1. The van der Waals surface area contributed by atoms with Crippen LogP contribution in [0.3, 0.4) is 0 Å². The van der Waals surface area contributed by atoms with Crippen LogP contribution in [0.2, 0.25) is 0 Å². The molecule has 2 N–H and O–H groups in total. The Morgan fingerprint density at radius 3 is 2.64 bits per heavy atom. The number of nitrogens with one attached hydrogen (secondary N) is 2. The molecule has 0 aromatic heterocycles. The minimum atomic E-state index is 0.0807. The van der Waals surface area contributed by atoms with Gasteiger partial charge in [-0.15, -0.1) is 0 Å². The molecule has 1 amide bonds. The largest absolute Gasteiger partial charge is 0.291 e. The van der Waals surface area contributed by atoms with Gasteiger partial charge in [0.25, 0.3) is 0 Å². The third kappa shape index (κ3) is 1.77. The molecule has 1 aromatic carbocycles. The lowest BCUT2D eigenvalue weighted by Gasteiger charge is -2.28. The molecule has 2 rings (SSSR count). The highest BCUT2D eigenvalue weighted by Crippen LogP contribution is 2.23. The van der Waals surface area contributed by atoms with Crippen LogP contribution in [-0.4, -0.2) is 5.91 Å². The molecule has 1 fully saturated rings. The second kappa shape index (κ2) is 3.80. The van der Waals surface area contributed by atoms with E-state index in [1.54, 1.807) is 0 Å². The van der Waals surface area contributed by atoms with E-state index in [2.05, 4.69) is 23.0 Å². The zero-order valence-corrected chi connectivity index (χ0v) is 8.16. The molecule has 74 valence electrons. The zero-order chi connectivity index (χ0) is 9.97. The van der Waals surface area contributed by atoms with Gasteiger partial charge in [-0.1, -0.05) is 37.3 Å². The van der Waals surface area contributed by atoms with Crippen LogP contribution in [0, 0.1) is 5.92 Å². The summed E-state index contributed by atoms with van der Waals surface area (Å²) in [7, 11) is 0. The van der Waals surface area contributed by atoms with E-state index in [4.69, 9.17) is 0 Å². The number of amides is 1. The maximum atomic E-state index is 11.2. The Morgan fingerprint density at radius 1 is 1.29 bits per heavy atom. The van der Waals surface area contributed by atoms with Crippen LogP contribution in [0.15, 0.2) is 30.3 Å². The molecule has 1 aliphatic heterocycles. The van der Waals surface area contributed by atoms with Crippen LogP contribution in [-0.2, 0) is 4.79 Å². The minimum Gasteiger partial charge on any atom is -0.291 e. The number of hydrogen-bond acceptors (Lipinski definition) is 2. The molecule has 1 aromatic rings. The predicted molar refractivity (Wildman–Crippen MR) is 54.2 cm³/mol. The van der Waals surface area contributed by atoms with Crippen molar-refractivity contribution in [3.63, 3.8) is 0 Å². The third-order valence-electron chi connectivity index (χ3n) is 2.61. The monoisotopic (exact) mass is 190 g/mol. The highest BCUT2D eigenvalue weighted by atomic mass is 16.2. The van der Waals surface area contributed by atoms with Crippen molar-refractivity contribution in [2.75, 3.05) is 0 Å². The summed E-state index contributed by atoms with van der Waals surface area (Å²) in [6, 6.07) is 10.4. The lowest BCUT2D eigenvalue weighted by molar-refractivity contribution is -0.128. The van der Waals surface area contributed by atoms with Crippen molar-refractivity contribution >= 4 is 5.91 Å². The van der Waals surface area contributed by atoms with Gasteiger partial charge in [-0.2, -0.15) is 0 Å². The predicted octanol–water partition coefficient (Wildman–Crippen LogP) is 1.39. The van der Waals surface area contributed by atoms with E-state index in [9.17, 15) is 4.79 Å². The molecule has 0 bridgehead atoms. The highest BCUT2D eigenvalue weighted by Gasteiger charge is 2.25. The lowest BCUT2D eigenvalue weighted by atomic mass is 9.94. The summed E-state index contributed by atoms with van der Waals surface area (Å²) in [6.07, 6.45) is 0.857. The van der Waals surface area contributed by atoms with E-state index in [-0.39, 0.29) is 17.9 Å². The van der Waals surface area contributed by atoms with Gasteiger partial charge in [0.15, 0.2) is 0 Å². The molecule has 0 spiro atoms. The van der Waals surface area contributed by atoms with Crippen LogP contribution in [0.5, 0.6) is 0 Å². The molecule has 0 radical (unpaired) electrons. The fourth-order valence-corrected chi connectivity index (χ4v) is 1.71. The fraction of sp³-hybridized carbons (Fsp3) is 0.364. The summed E-state index contributed by atoms with van der Waals surface area (Å²) in [5.74, 6) is 0.165. The van der Waals surface area contributed by atoms with Crippen molar-refractivity contribution in [1.29, 1.82) is 0 Å². The fourth-order valence-electron chi connectivity index (χ4n) is 1.71. The zero-order valence-electron chi connectivity index (χ0n) is 8.16. The van der Waals surface area contributed by atoms with E-state index in [1.807, 2.05) is 25.1 Å². The van der Waals surface area contributed by atoms with Gasteiger partial charge < -0.3 is 0 Å². The van der Waals surface area contributed by atoms with Crippen molar-refractivity contribution in [2.24, 2.45) is 5.92 Å². The van der Waals surface area contributed by atoms with Gasteiger partial charge in [0.2, 0.25) is 5.91 Å². The Balaban J connectivity index is 2.11. The van der Waals surface area contributed by atoms with Crippen molar-refractivity contribution < 1.29 is 4.79 Å². The quantitative estimate of drug-likeness (QED) is 0.702. The average molecular weight is 190 g/mol. The number of hydrogen-bond donors (Lipinski definition) is 2. The molecule has 2 atom stereocenters. The van der Waals surface area contributed by atoms with Crippen molar-refractivity contribution in [3.8, 4) is 0 Å². The summed E-state index contributed by atoms with van der Waals surface area (Å²) in [6.45, 7) is 1.95. The second-order valence-corrected chi connectivity index (χ2v) is 3.73. The first-order valence-corrected chi connectivity index (χ1v) is 4.87. The van der Waals surface area contributed by atoms with Gasteiger partial charge >= 0.3 is 0 Å². The summed E-state index contributed by atoms with van der Waals surface area (Å²) < 4.78 is 0. The SMILES string of the molecule is CC1CC(c2ccccc2)NNC1=O. The number of carbonyl (C=O) groups is 1. The molecule has 3 nitrogen and oxygen atoms in total. The minimum absolute atomic E-state index is 0.0807. The van der Waals surface area contributed by atoms with Gasteiger partial charge in [-0.05, 0) is 12.0 Å². The van der Waals surface area contributed by atoms with Crippen molar-refractivity contribution in [1.82, 2.24) is 10.9 Å². The van der Waals surface area contributed by atoms with Crippen molar-refractivity contribution in [2.45, 2.75) is 19.4 Å². The smallest absolute Gasteiger partial charge is 0.236 e. The molecule has 1 heterocycles. The van der Waals surface area contributed by atoms with Crippen LogP contribution in [0.1, 0.15) is 24.9 Å². The summed E-state index contributed by atoms with van der Waals surface area (Å²) >= 11 is 0. The Labute approximate surface area is 83.5 Å². The maximum absolute atomic E-state index is 11.2. The molecule has 14 heavy (non-hydrogen) atoms. The molecular weight excluding hydrogens is 176 g/mol. The maximum Gasteiger partial charge on any atom is 0.236 e. The number of hydrazine groups is 1. The third-order valence-corrected chi connectivity index (χ3v) is 2.61. The highest BCUT2D eigenvalue weighted by molar-refractivity contribution is 5.78. The first-order valence-electron chi connectivity index (χ1n) is 4.87. The normalized spacial score (nSPS) is 27.1. The summed E-state index contributed by atoms with van der Waals surface area (Å²) in [5.41, 5.74) is 6.93. The van der Waals surface area contributed by atoms with Gasteiger partial charge in [-0.25, -0.2) is 5.43 Å². The van der Waals surface area contributed by atoms with E-state index >= 15 is 0 Å². The first-order chi connectivity index (χ1) is 6.77. The average Bonchev–Trinajstić information content (AvgIpc) is 2.23. The van der Waals surface area contributed by atoms with Gasteiger partial charge in [0, 0.05) is 5.92 Å². The second-order valence-electron chi connectivity index (χ2n) is 3.73. The molecule has 2 unspecified atom stereocenters. The Bertz CT molecular complexity index is 323. The van der Waals surface area contributed by atoms with Gasteiger partial charge in [-0.3, -0.25) is 10.2 Å². The van der Waals surface area contributed by atoms with E-state index in [0.717, 1.165) is 6.42 Å². The van der Waals surface area contributed by atoms with E-state index in [0.29, 0.717) is 0 Å². The van der Waals surface area contributed by atoms with Crippen LogP contribution < -0.4 is 10.9 Å². The number of rotatable bonds is 1. The van der Waals surface area contributed by atoms with E-state index in [1.165, 1.54) is 5.56 Å². The standard InChI is InChI=1S/C11H14N2O/c1-8-7-10(12-13-11(8)14)9-5-3-2-4-6-9/h2-6,8,10,12H,7H2,1H3,(H,13,14).